The van der Waals surface area contributed by atoms with Gasteiger partial charge < -0.3 is 14.7 Å². The van der Waals surface area contributed by atoms with Crippen molar-refractivity contribution in [3.63, 3.8) is 0 Å². The summed E-state index contributed by atoms with van der Waals surface area (Å²) in [7, 11) is 1.61. The number of amides is 1. The number of hydrogen-bond donors (Lipinski definition) is 1. The molecule has 0 aromatic rings. The minimum atomic E-state index is -0.878. The summed E-state index contributed by atoms with van der Waals surface area (Å²) >= 11 is 0. The second-order valence-corrected chi connectivity index (χ2v) is 3.70. The largest absolute Gasteiger partial charge is 0.481 e. The molecule has 5 heteroatoms. The molecule has 0 aromatic heterocycles. The van der Waals surface area contributed by atoms with Crippen molar-refractivity contribution < 1.29 is 19.4 Å². The lowest BCUT2D eigenvalue weighted by atomic mass is 10.2. The van der Waals surface area contributed by atoms with Crippen molar-refractivity contribution in [1.82, 2.24) is 4.90 Å². The van der Waals surface area contributed by atoms with Gasteiger partial charge in [-0.1, -0.05) is 0 Å². The van der Waals surface area contributed by atoms with Crippen LogP contribution in [-0.2, 0) is 14.3 Å². The molecule has 5 nitrogen and oxygen atoms in total. The fraction of sp³-hybridized carbons (Fsp3) is 0.818. The lowest BCUT2D eigenvalue weighted by molar-refractivity contribution is -0.138. The van der Waals surface area contributed by atoms with E-state index in [1.807, 2.05) is 13.8 Å². The minimum absolute atomic E-state index is 0.000584. The first-order valence-electron chi connectivity index (χ1n) is 5.53. The number of nitrogens with zero attached hydrogens (tertiary/aromatic N) is 1. The Hall–Kier alpha value is -1.10. The molecule has 0 heterocycles. The first-order chi connectivity index (χ1) is 7.51. The number of carbonyl (C=O) groups is 2. The van der Waals surface area contributed by atoms with Gasteiger partial charge in [0.25, 0.3) is 0 Å². The molecule has 0 aromatic carbocycles. The number of rotatable bonds is 8. The second-order valence-electron chi connectivity index (χ2n) is 3.70. The molecule has 1 N–H and O–H groups in total. The fourth-order valence-electron chi connectivity index (χ4n) is 1.29. The lowest BCUT2D eigenvalue weighted by Crippen LogP contribution is -2.33. The molecule has 0 bridgehead atoms. The Balaban J connectivity index is 3.95. The Bertz CT molecular complexity index is 230. The molecule has 0 aliphatic heterocycles. The molecule has 0 saturated carbocycles. The summed E-state index contributed by atoms with van der Waals surface area (Å²) in [6.07, 6.45) is 1.13. The number of ether oxygens (including phenoxy) is 1. The number of methoxy groups -OCH3 is 1. The van der Waals surface area contributed by atoms with Gasteiger partial charge in [-0.15, -0.1) is 0 Å². The summed E-state index contributed by atoms with van der Waals surface area (Å²) in [5.41, 5.74) is 0. The van der Waals surface area contributed by atoms with E-state index in [1.54, 1.807) is 12.0 Å². The Kier molecular flexibility index (Phi) is 7.54. The Labute approximate surface area is 96.4 Å². The lowest BCUT2D eigenvalue weighted by Gasteiger charge is -2.20. The highest BCUT2D eigenvalue weighted by molar-refractivity contribution is 5.77. The number of carbonyl (C=O) groups excluding carboxylic acids is 1. The summed E-state index contributed by atoms with van der Waals surface area (Å²) in [4.78, 5) is 23.6. The van der Waals surface area contributed by atoms with Gasteiger partial charge in [0.15, 0.2) is 0 Å². The quantitative estimate of drug-likeness (QED) is 0.680. The first-order valence-corrected chi connectivity index (χ1v) is 5.53. The topological polar surface area (TPSA) is 66.8 Å². The molecule has 0 radical (unpaired) electrons. The summed E-state index contributed by atoms with van der Waals surface area (Å²) in [5, 5.41) is 8.54. The zero-order valence-corrected chi connectivity index (χ0v) is 10.2. The Morgan fingerprint density at radius 3 is 2.44 bits per heavy atom. The van der Waals surface area contributed by atoms with Gasteiger partial charge in [0.2, 0.25) is 5.91 Å². The van der Waals surface area contributed by atoms with Crippen LogP contribution >= 0.6 is 0 Å². The molecular formula is C11H21NO4. The van der Waals surface area contributed by atoms with Crippen LogP contribution in [0, 0.1) is 0 Å². The maximum absolute atomic E-state index is 11.7. The van der Waals surface area contributed by atoms with Crippen molar-refractivity contribution in [2.45, 2.75) is 39.2 Å². The van der Waals surface area contributed by atoms with Gasteiger partial charge in [0.05, 0.1) is 12.5 Å². The van der Waals surface area contributed by atoms with Crippen LogP contribution in [0.25, 0.3) is 0 Å². The smallest absolute Gasteiger partial charge is 0.305 e. The van der Waals surface area contributed by atoms with Crippen LogP contribution in [0.5, 0.6) is 0 Å². The molecule has 0 spiro atoms. The van der Waals surface area contributed by atoms with Crippen LogP contribution in [0.2, 0.25) is 0 Å². The first kappa shape index (κ1) is 14.9. The van der Waals surface area contributed by atoms with E-state index < -0.39 is 5.97 Å². The number of aliphatic carboxylic acids is 1. The molecule has 0 aliphatic carbocycles. The molecule has 0 fully saturated rings. The van der Waals surface area contributed by atoms with Gasteiger partial charge in [-0.05, 0) is 20.3 Å². The fourth-order valence-corrected chi connectivity index (χ4v) is 1.29. The molecule has 0 rings (SSSR count). The standard InChI is InChI=1S/C11H21NO4/c1-4-12(8-7-11(14)15)10(13)6-5-9(2)16-3/h9H,4-8H2,1-3H3,(H,14,15). The van der Waals surface area contributed by atoms with Gasteiger partial charge in [0.1, 0.15) is 0 Å². The van der Waals surface area contributed by atoms with Gasteiger partial charge in [-0.3, -0.25) is 9.59 Å². The average Bonchev–Trinajstić information content (AvgIpc) is 2.26. The van der Waals surface area contributed by atoms with Crippen molar-refractivity contribution in [3.8, 4) is 0 Å². The molecular weight excluding hydrogens is 210 g/mol. The molecule has 1 atom stereocenters. The average molecular weight is 231 g/mol. The predicted octanol–water partition coefficient (Wildman–Crippen LogP) is 1.12. The van der Waals surface area contributed by atoms with E-state index in [0.29, 0.717) is 19.4 Å². The maximum atomic E-state index is 11.7. The highest BCUT2D eigenvalue weighted by atomic mass is 16.5. The van der Waals surface area contributed by atoms with Gasteiger partial charge >= 0.3 is 5.97 Å². The van der Waals surface area contributed by atoms with Crippen LogP contribution in [0.4, 0.5) is 0 Å². The molecule has 0 saturated heterocycles. The summed E-state index contributed by atoms with van der Waals surface area (Å²) in [6, 6.07) is 0. The summed E-state index contributed by atoms with van der Waals surface area (Å²) < 4.78 is 5.05. The van der Waals surface area contributed by atoms with Crippen LogP contribution in [-0.4, -0.2) is 48.2 Å². The van der Waals surface area contributed by atoms with Crippen LogP contribution in [0.3, 0.4) is 0 Å². The highest BCUT2D eigenvalue weighted by Crippen LogP contribution is 2.04. The summed E-state index contributed by atoms with van der Waals surface area (Å²) in [5.74, 6) is -0.885. The normalized spacial score (nSPS) is 12.2. The van der Waals surface area contributed by atoms with E-state index in [0.717, 1.165) is 0 Å². The number of carboxylic acids is 1. The third-order valence-corrected chi connectivity index (χ3v) is 2.50. The summed E-state index contributed by atoms with van der Waals surface area (Å²) in [6.45, 7) is 4.58. The number of hydrogen-bond acceptors (Lipinski definition) is 3. The van der Waals surface area contributed by atoms with Crippen molar-refractivity contribution in [2.75, 3.05) is 20.2 Å². The van der Waals surface area contributed by atoms with Crippen molar-refractivity contribution in [2.24, 2.45) is 0 Å². The molecule has 0 aliphatic rings. The molecule has 1 unspecified atom stereocenters. The van der Waals surface area contributed by atoms with E-state index in [1.165, 1.54) is 0 Å². The SMILES string of the molecule is CCN(CCC(=O)O)C(=O)CCC(C)OC. The third-order valence-electron chi connectivity index (χ3n) is 2.50. The van der Waals surface area contributed by atoms with Gasteiger partial charge in [-0.2, -0.15) is 0 Å². The maximum Gasteiger partial charge on any atom is 0.305 e. The highest BCUT2D eigenvalue weighted by Gasteiger charge is 2.13. The van der Waals surface area contributed by atoms with E-state index in [4.69, 9.17) is 9.84 Å². The predicted molar refractivity (Wildman–Crippen MR) is 60.2 cm³/mol. The molecule has 16 heavy (non-hydrogen) atoms. The molecule has 1 amide bonds. The van der Waals surface area contributed by atoms with Crippen molar-refractivity contribution >= 4 is 11.9 Å². The van der Waals surface area contributed by atoms with Crippen molar-refractivity contribution in [3.05, 3.63) is 0 Å². The third kappa shape index (κ3) is 6.40. The zero-order valence-electron chi connectivity index (χ0n) is 10.2. The zero-order chi connectivity index (χ0) is 12.6. The Morgan fingerprint density at radius 2 is 2.00 bits per heavy atom. The van der Waals surface area contributed by atoms with E-state index in [9.17, 15) is 9.59 Å². The van der Waals surface area contributed by atoms with Crippen LogP contribution < -0.4 is 0 Å². The monoisotopic (exact) mass is 231 g/mol. The Morgan fingerprint density at radius 1 is 1.38 bits per heavy atom. The van der Waals surface area contributed by atoms with Crippen molar-refractivity contribution in [1.29, 1.82) is 0 Å². The van der Waals surface area contributed by atoms with Crippen LogP contribution in [0.15, 0.2) is 0 Å². The van der Waals surface area contributed by atoms with Gasteiger partial charge in [0, 0.05) is 26.6 Å². The van der Waals surface area contributed by atoms with Gasteiger partial charge in [-0.25, -0.2) is 0 Å². The van der Waals surface area contributed by atoms with Crippen LogP contribution in [0.1, 0.15) is 33.1 Å². The van der Waals surface area contributed by atoms with E-state index in [-0.39, 0.29) is 25.0 Å². The van der Waals surface area contributed by atoms with E-state index >= 15 is 0 Å². The second kappa shape index (κ2) is 8.10. The number of carboxylic acid groups (broad SMARTS) is 1. The minimum Gasteiger partial charge on any atom is -0.481 e. The molecule has 94 valence electrons. The van der Waals surface area contributed by atoms with E-state index in [2.05, 4.69) is 0 Å².